The zero-order valence-electron chi connectivity index (χ0n) is 11.4. The van der Waals surface area contributed by atoms with E-state index in [1.54, 1.807) is 18.2 Å². The molecule has 2 aromatic carbocycles. The Morgan fingerprint density at radius 1 is 1.10 bits per heavy atom. The number of ether oxygens (including phenoxy) is 1. The Bertz CT molecular complexity index is 819. The van der Waals surface area contributed by atoms with E-state index in [2.05, 4.69) is 0 Å². The van der Waals surface area contributed by atoms with Gasteiger partial charge in [0.15, 0.2) is 11.7 Å². The Balaban J connectivity index is 2.20. The molecule has 0 bridgehead atoms. The highest BCUT2D eigenvalue weighted by atomic mass is 16.6. The molecule has 21 heavy (non-hydrogen) atoms. The summed E-state index contributed by atoms with van der Waals surface area (Å²) in [4.78, 5) is 12.4. The molecule has 1 aromatic heterocycles. The van der Waals surface area contributed by atoms with E-state index in [4.69, 9.17) is 9.15 Å². The summed E-state index contributed by atoms with van der Waals surface area (Å²) < 4.78 is 11.0. The molecule has 1 heterocycles. The van der Waals surface area contributed by atoms with Crippen LogP contribution >= 0.6 is 0 Å². The molecule has 0 fully saturated rings. The first-order valence-electron chi connectivity index (χ1n) is 6.62. The van der Waals surface area contributed by atoms with Crippen molar-refractivity contribution in [2.45, 2.75) is 13.2 Å². The molecule has 3 aromatic rings. The molecule has 4 nitrogen and oxygen atoms in total. The second-order valence-electron chi connectivity index (χ2n) is 4.69. The fourth-order valence-corrected chi connectivity index (χ4v) is 2.20. The van der Waals surface area contributed by atoms with Crippen molar-refractivity contribution in [3.63, 3.8) is 0 Å². The third kappa shape index (κ3) is 2.66. The summed E-state index contributed by atoms with van der Waals surface area (Å²) in [5, 5.41) is 9.67. The lowest BCUT2D eigenvalue weighted by molar-refractivity contribution is 0.000812. The van der Waals surface area contributed by atoms with Crippen LogP contribution in [0.25, 0.3) is 22.3 Å². The molecule has 1 unspecified atom stereocenters. The van der Waals surface area contributed by atoms with Gasteiger partial charge in [-0.25, -0.2) is 0 Å². The third-order valence-corrected chi connectivity index (χ3v) is 3.07. The maximum Gasteiger partial charge on any atom is 0.197 e. The summed E-state index contributed by atoms with van der Waals surface area (Å²) >= 11 is 0. The molecule has 0 saturated heterocycles. The maximum atomic E-state index is 12.4. The van der Waals surface area contributed by atoms with Crippen LogP contribution in [0.5, 0.6) is 5.75 Å². The Labute approximate surface area is 121 Å². The molecule has 0 saturated carbocycles. The van der Waals surface area contributed by atoms with Crippen molar-refractivity contribution in [2.75, 3.05) is 0 Å². The van der Waals surface area contributed by atoms with Crippen molar-refractivity contribution in [3.05, 3.63) is 64.8 Å². The lowest BCUT2D eigenvalue weighted by Gasteiger charge is -2.11. The molecule has 1 N–H and O–H groups in total. The van der Waals surface area contributed by atoms with E-state index in [0.29, 0.717) is 22.5 Å². The van der Waals surface area contributed by atoms with Gasteiger partial charge in [0.05, 0.1) is 0 Å². The van der Waals surface area contributed by atoms with Gasteiger partial charge in [-0.1, -0.05) is 36.4 Å². The van der Waals surface area contributed by atoms with Gasteiger partial charge in [-0.15, -0.1) is 0 Å². The van der Waals surface area contributed by atoms with E-state index >= 15 is 0 Å². The van der Waals surface area contributed by atoms with Gasteiger partial charge in [0.1, 0.15) is 22.5 Å². The van der Waals surface area contributed by atoms with Gasteiger partial charge in [-0.3, -0.25) is 4.79 Å². The van der Waals surface area contributed by atoms with Gasteiger partial charge in [0.25, 0.3) is 0 Å². The number of hydrogen-bond donors (Lipinski definition) is 1. The Morgan fingerprint density at radius 3 is 2.57 bits per heavy atom. The van der Waals surface area contributed by atoms with Crippen LogP contribution < -0.4 is 10.2 Å². The van der Waals surface area contributed by atoms with Crippen LogP contribution in [-0.2, 0) is 0 Å². The van der Waals surface area contributed by atoms with Crippen LogP contribution in [-0.4, -0.2) is 11.4 Å². The molecule has 4 heteroatoms. The van der Waals surface area contributed by atoms with Crippen LogP contribution in [0.3, 0.4) is 0 Å². The number of benzene rings is 2. The highest BCUT2D eigenvalue weighted by molar-refractivity contribution is 5.84. The van der Waals surface area contributed by atoms with Crippen molar-refractivity contribution in [2.24, 2.45) is 0 Å². The normalized spacial score (nSPS) is 12.3. The summed E-state index contributed by atoms with van der Waals surface area (Å²) in [5.41, 5.74) is 1.06. The quantitative estimate of drug-likeness (QED) is 0.749. The van der Waals surface area contributed by atoms with E-state index in [1.807, 2.05) is 30.3 Å². The zero-order valence-corrected chi connectivity index (χ0v) is 11.4. The number of aliphatic hydroxyl groups is 1. The lowest BCUT2D eigenvalue weighted by Crippen LogP contribution is -2.12. The number of hydrogen-bond acceptors (Lipinski definition) is 4. The van der Waals surface area contributed by atoms with Crippen molar-refractivity contribution in [3.8, 4) is 17.1 Å². The van der Waals surface area contributed by atoms with Gasteiger partial charge in [0, 0.05) is 11.6 Å². The van der Waals surface area contributed by atoms with Crippen LogP contribution in [0.1, 0.15) is 6.92 Å². The first kappa shape index (κ1) is 13.4. The summed E-state index contributed by atoms with van der Waals surface area (Å²) in [6, 6.07) is 15.9. The van der Waals surface area contributed by atoms with Crippen LogP contribution in [0.4, 0.5) is 0 Å². The molecule has 106 valence electrons. The van der Waals surface area contributed by atoms with Crippen molar-refractivity contribution >= 4 is 11.0 Å². The van der Waals surface area contributed by atoms with Gasteiger partial charge in [-0.2, -0.15) is 0 Å². The molecule has 0 aliphatic rings. The Morgan fingerprint density at radius 2 is 1.86 bits per heavy atom. The van der Waals surface area contributed by atoms with Crippen LogP contribution in [0, 0.1) is 0 Å². The second kappa shape index (κ2) is 5.42. The van der Waals surface area contributed by atoms with Gasteiger partial charge in [-0.05, 0) is 19.1 Å². The summed E-state index contributed by atoms with van der Waals surface area (Å²) in [6.45, 7) is 1.48. The number of fused-ring (bicyclic) bond motifs is 1. The molecular formula is C17H14O4. The minimum Gasteiger partial charge on any atom is -0.465 e. The summed E-state index contributed by atoms with van der Waals surface area (Å²) in [7, 11) is 0. The van der Waals surface area contributed by atoms with E-state index < -0.39 is 6.29 Å². The summed E-state index contributed by atoms with van der Waals surface area (Å²) in [5.74, 6) is 0.818. The molecule has 0 radical (unpaired) electrons. The topological polar surface area (TPSA) is 59.7 Å². The van der Waals surface area contributed by atoms with Crippen LogP contribution in [0.2, 0.25) is 0 Å². The zero-order chi connectivity index (χ0) is 14.8. The molecule has 3 rings (SSSR count). The smallest absolute Gasteiger partial charge is 0.197 e. The highest BCUT2D eigenvalue weighted by Gasteiger charge is 2.12. The molecule has 0 spiro atoms. The van der Waals surface area contributed by atoms with Gasteiger partial charge in [0.2, 0.25) is 0 Å². The minimum absolute atomic E-state index is 0.202. The molecule has 0 aliphatic carbocycles. The highest BCUT2D eigenvalue weighted by Crippen LogP contribution is 2.27. The Hall–Kier alpha value is -2.59. The first-order valence-corrected chi connectivity index (χ1v) is 6.62. The van der Waals surface area contributed by atoms with Crippen molar-refractivity contribution in [1.82, 2.24) is 0 Å². The van der Waals surface area contributed by atoms with E-state index in [0.717, 1.165) is 5.56 Å². The molecule has 0 amide bonds. The van der Waals surface area contributed by atoms with Gasteiger partial charge < -0.3 is 14.3 Å². The average Bonchev–Trinajstić information content (AvgIpc) is 2.47. The SMILES string of the molecule is CC(O)Oc1cccc2oc(-c3ccccc3)cc(=O)c12. The standard InChI is InChI=1S/C17H14O4/c1-11(18)20-14-8-5-9-15-17(14)13(19)10-16(21-15)12-6-3-2-4-7-12/h2-11,18H,1H3. The van der Waals surface area contributed by atoms with Gasteiger partial charge >= 0.3 is 0 Å². The molecule has 0 aliphatic heterocycles. The molecular weight excluding hydrogens is 268 g/mol. The lowest BCUT2D eigenvalue weighted by atomic mass is 10.1. The maximum absolute atomic E-state index is 12.4. The van der Waals surface area contributed by atoms with Crippen LogP contribution in [0.15, 0.2) is 63.8 Å². The molecule has 1 atom stereocenters. The van der Waals surface area contributed by atoms with Crippen molar-refractivity contribution in [1.29, 1.82) is 0 Å². The number of aliphatic hydroxyl groups excluding tert-OH is 1. The van der Waals surface area contributed by atoms with Crippen molar-refractivity contribution < 1.29 is 14.3 Å². The second-order valence-corrected chi connectivity index (χ2v) is 4.69. The van der Waals surface area contributed by atoms with E-state index in [1.165, 1.54) is 13.0 Å². The monoisotopic (exact) mass is 282 g/mol. The fourth-order valence-electron chi connectivity index (χ4n) is 2.20. The predicted octanol–water partition coefficient (Wildman–Crippen LogP) is 3.18. The largest absolute Gasteiger partial charge is 0.465 e. The summed E-state index contributed by atoms with van der Waals surface area (Å²) in [6.07, 6.45) is -0.996. The van der Waals surface area contributed by atoms with E-state index in [9.17, 15) is 9.90 Å². The average molecular weight is 282 g/mol. The predicted molar refractivity (Wildman–Crippen MR) is 80.2 cm³/mol. The first-order chi connectivity index (χ1) is 10.1. The Kier molecular flexibility index (Phi) is 3.46. The number of rotatable bonds is 3. The fraction of sp³-hybridized carbons (Fsp3) is 0.118. The van der Waals surface area contributed by atoms with E-state index in [-0.39, 0.29) is 5.43 Å². The third-order valence-electron chi connectivity index (χ3n) is 3.07. The minimum atomic E-state index is -0.996.